The maximum atomic E-state index is 2.35. The fourth-order valence-electron chi connectivity index (χ4n) is 3.76. The molecule has 2 heteroatoms. The second kappa shape index (κ2) is 7.63. The molecule has 0 fully saturated rings. The minimum absolute atomic E-state index is 0.950. The lowest BCUT2D eigenvalue weighted by molar-refractivity contribution is -0.667. The lowest BCUT2D eigenvalue weighted by Gasteiger charge is -2.29. The predicted molar refractivity (Wildman–Crippen MR) is 115 cm³/mol. The topological polar surface area (TPSA) is 7.12 Å². The van der Waals surface area contributed by atoms with E-state index in [2.05, 4.69) is 114 Å². The molecule has 4 rings (SSSR count). The lowest BCUT2D eigenvalue weighted by Crippen LogP contribution is -2.32. The maximum Gasteiger partial charge on any atom is 0.213 e. The standard InChI is InChI=1S/C25H25N2/c1-3-26-19-18-20(23-13-6-8-15-25(23)26)11-9-12-22-17-16-21-10-5-7-14-24(21)27(22)4-2/h5-19H,3-4H2,1-2H3/q+1. The van der Waals surface area contributed by atoms with Crippen LogP contribution < -0.4 is 9.47 Å². The van der Waals surface area contributed by atoms with Crippen LogP contribution in [-0.4, -0.2) is 6.54 Å². The molecule has 27 heavy (non-hydrogen) atoms. The van der Waals surface area contributed by atoms with Crippen molar-refractivity contribution in [2.75, 3.05) is 11.4 Å². The van der Waals surface area contributed by atoms with E-state index in [1.165, 1.54) is 33.4 Å². The SMILES string of the molecule is CCN1C(=CC=Cc2cc[n+](CC)c3ccccc23)C=Cc2ccccc21. The Kier molecular flexibility index (Phi) is 4.88. The number of para-hydroxylation sites is 2. The third kappa shape index (κ3) is 3.31. The molecule has 2 heterocycles. The minimum atomic E-state index is 0.950. The van der Waals surface area contributed by atoms with Crippen LogP contribution in [0.2, 0.25) is 0 Å². The molecule has 1 aliphatic rings. The number of hydrogen-bond donors (Lipinski definition) is 0. The van der Waals surface area contributed by atoms with Crippen molar-refractivity contribution in [2.24, 2.45) is 0 Å². The quantitative estimate of drug-likeness (QED) is 0.554. The fraction of sp³-hybridized carbons (Fsp3) is 0.160. The van der Waals surface area contributed by atoms with Crippen LogP contribution in [0.25, 0.3) is 23.1 Å². The van der Waals surface area contributed by atoms with E-state index in [9.17, 15) is 0 Å². The van der Waals surface area contributed by atoms with Crippen molar-refractivity contribution in [3.8, 4) is 0 Å². The van der Waals surface area contributed by atoms with Gasteiger partial charge in [0.25, 0.3) is 0 Å². The lowest BCUT2D eigenvalue weighted by atomic mass is 10.1. The molecule has 0 amide bonds. The molecule has 0 spiro atoms. The summed E-state index contributed by atoms with van der Waals surface area (Å²) in [6.07, 6.45) is 13.1. The van der Waals surface area contributed by atoms with Crippen LogP contribution in [0.4, 0.5) is 5.69 Å². The van der Waals surface area contributed by atoms with E-state index in [1.54, 1.807) is 0 Å². The summed E-state index contributed by atoms with van der Waals surface area (Å²) in [6.45, 7) is 6.30. The zero-order valence-electron chi connectivity index (χ0n) is 16.0. The zero-order chi connectivity index (χ0) is 18.6. The van der Waals surface area contributed by atoms with Gasteiger partial charge in [-0.3, -0.25) is 0 Å². The number of nitrogens with zero attached hydrogens (tertiary/aromatic N) is 2. The molecule has 2 aromatic carbocycles. The molecule has 0 radical (unpaired) electrons. The second-order valence-electron chi connectivity index (χ2n) is 6.66. The monoisotopic (exact) mass is 353 g/mol. The minimum Gasteiger partial charge on any atom is -0.341 e. The van der Waals surface area contributed by atoms with E-state index in [1.807, 2.05) is 0 Å². The first-order valence-corrected chi connectivity index (χ1v) is 9.66. The fourth-order valence-corrected chi connectivity index (χ4v) is 3.76. The average Bonchev–Trinajstić information content (AvgIpc) is 2.73. The molecule has 2 nitrogen and oxygen atoms in total. The van der Waals surface area contributed by atoms with Crippen LogP contribution in [-0.2, 0) is 6.54 Å². The molecule has 0 saturated carbocycles. The van der Waals surface area contributed by atoms with Crippen molar-refractivity contribution in [1.82, 2.24) is 0 Å². The molecule has 0 unspecified atom stereocenters. The van der Waals surface area contributed by atoms with E-state index in [4.69, 9.17) is 0 Å². The maximum absolute atomic E-state index is 2.35. The van der Waals surface area contributed by atoms with Gasteiger partial charge in [-0.1, -0.05) is 48.6 Å². The molecular formula is C25H25N2+. The van der Waals surface area contributed by atoms with Crippen LogP contribution in [0.5, 0.6) is 0 Å². The summed E-state index contributed by atoms with van der Waals surface area (Å²) >= 11 is 0. The molecule has 0 aliphatic carbocycles. The average molecular weight is 353 g/mol. The van der Waals surface area contributed by atoms with Gasteiger partial charge in [-0.15, -0.1) is 0 Å². The summed E-state index contributed by atoms with van der Waals surface area (Å²) in [5.41, 5.74) is 6.29. The van der Waals surface area contributed by atoms with Gasteiger partial charge in [-0.25, -0.2) is 0 Å². The van der Waals surface area contributed by atoms with Gasteiger partial charge in [0.2, 0.25) is 5.52 Å². The Morgan fingerprint density at radius 3 is 2.59 bits per heavy atom. The number of aryl methyl sites for hydroxylation is 1. The van der Waals surface area contributed by atoms with Gasteiger partial charge in [0.15, 0.2) is 6.20 Å². The number of hydrogen-bond acceptors (Lipinski definition) is 1. The van der Waals surface area contributed by atoms with Crippen molar-refractivity contribution in [1.29, 1.82) is 0 Å². The van der Waals surface area contributed by atoms with E-state index in [0.717, 1.165) is 13.1 Å². The highest BCUT2D eigenvalue weighted by molar-refractivity contribution is 5.85. The van der Waals surface area contributed by atoms with Crippen LogP contribution >= 0.6 is 0 Å². The van der Waals surface area contributed by atoms with Gasteiger partial charge in [0.05, 0.1) is 5.39 Å². The zero-order valence-corrected chi connectivity index (χ0v) is 16.0. The second-order valence-corrected chi connectivity index (χ2v) is 6.66. The Hall–Kier alpha value is -3.13. The third-order valence-electron chi connectivity index (χ3n) is 5.13. The summed E-state index contributed by atoms with van der Waals surface area (Å²) in [5, 5.41) is 1.29. The molecule has 134 valence electrons. The Balaban J connectivity index is 1.68. The Morgan fingerprint density at radius 1 is 0.926 bits per heavy atom. The smallest absolute Gasteiger partial charge is 0.213 e. The van der Waals surface area contributed by atoms with Gasteiger partial charge < -0.3 is 4.90 Å². The molecule has 3 aromatic rings. The number of aromatic nitrogens is 1. The highest BCUT2D eigenvalue weighted by Crippen LogP contribution is 2.30. The summed E-state index contributed by atoms with van der Waals surface area (Å²) in [7, 11) is 0. The molecule has 0 atom stereocenters. The number of rotatable bonds is 4. The molecule has 1 aromatic heterocycles. The predicted octanol–water partition coefficient (Wildman–Crippen LogP) is 5.60. The molecule has 1 aliphatic heterocycles. The Morgan fingerprint density at radius 2 is 1.74 bits per heavy atom. The van der Waals surface area contributed by atoms with Crippen molar-refractivity contribution in [2.45, 2.75) is 20.4 Å². The van der Waals surface area contributed by atoms with Crippen molar-refractivity contribution < 1.29 is 4.57 Å². The number of allylic oxidation sites excluding steroid dienone is 3. The highest BCUT2D eigenvalue weighted by Gasteiger charge is 2.14. The van der Waals surface area contributed by atoms with Gasteiger partial charge in [0, 0.05) is 30.1 Å². The van der Waals surface area contributed by atoms with Crippen molar-refractivity contribution >= 4 is 28.7 Å². The third-order valence-corrected chi connectivity index (χ3v) is 5.13. The largest absolute Gasteiger partial charge is 0.341 e. The van der Waals surface area contributed by atoms with Gasteiger partial charge >= 0.3 is 0 Å². The van der Waals surface area contributed by atoms with Gasteiger partial charge in [0.1, 0.15) is 6.54 Å². The van der Waals surface area contributed by atoms with Crippen LogP contribution in [0.15, 0.2) is 84.7 Å². The van der Waals surface area contributed by atoms with Crippen molar-refractivity contribution in [3.05, 3.63) is 95.8 Å². The van der Waals surface area contributed by atoms with Crippen LogP contribution in [0.3, 0.4) is 0 Å². The molecule has 0 bridgehead atoms. The molecule has 0 N–H and O–H groups in total. The number of pyridine rings is 1. The van der Waals surface area contributed by atoms with E-state index >= 15 is 0 Å². The van der Waals surface area contributed by atoms with E-state index < -0.39 is 0 Å². The number of benzene rings is 2. The van der Waals surface area contributed by atoms with Crippen LogP contribution in [0, 0.1) is 0 Å². The summed E-state index contributed by atoms with van der Waals surface area (Å²) < 4.78 is 2.28. The van der Waals surface area contributed by atoms with E-state index in [-0.39, 0.29) is 0 Å². The number of anilines is 1. The highest BCUT2D eigenvalue weighted by atomic mass is 15.1. The Bertz CT molecular complexity index is 1060. The summed E-state index contributed by atoms with van der Waals surface area (Å²) in [4.78, 5) is 2.35. The number of likely N-dealkylation sites (N-methyl/N-ethyl adjacent to an activating group) is 1. The van der Waals surface area contributed by atoms with Gasteiger partial charge in [-0.2, -0.15) is 4.57 Å². The Labute approximate surface area is 161 Å². The molecular weight excluding hydrogens is 328 g/mol. The summed E-state index contributed by atoms with van der Waals surface area (Å²) in [6, 6.07) is 19.4. The first-order chi connectivity index (χ1) is 13.3. The van der Waals surface area contributed by atoms with E-state index in [0.29, 0.717) is 0 Å². The number of fused-ring (bicyclic) bond motifs is 2. The first-order valence-electron chi connectivity index (χ1n) is 9.66. The van der Waals surface area contributed by atoms with Gasteiger partial charge in [-0.05, 0) is 49.3 Å². The first kappa shape index (κ1) is 17.3. The normalized spacial score (nSPS) is 15.0. The molecule has 0 saturated heterocycles. The summed E-state index contributed by atoms with van der Waals surface area (Å²) in [5.74, 6) is 0. The van der Waals surface area contributed by atoms with Crippen molar-refractivity contribution in [3.63, 3.8) is 0 Å². The van der Waals surface area contributed by atoms with Crippen LogP contribution in [0.1, 0.15) is 25.0 Å².